The summed E-state index contributed by atoms with van der Waals surface area (Å²) in [5.41, 5.74) is 5.91. The lowest BCUT2D eigenvalue weighted by Crippen LogP contribution is -2.50. The van der Waals surface area contributed by atoms with Gasteiger partial charge in [0.1, 0.15) is 17.9 Å². The Morgan fingerprint density at radius 1 is 1.26 bits per heavy atom. The second-order valence-corrected chi connectivity index (χ2v) is 6.77. The van der Waals surface area contributed by atoms with Crippen LogP contribution in [0.4, 0.5) is 5.82 Å². The van der Waals surface area contributed by atoms with Gasteiger partial charge >= 0.3 is 0 Å². The van der Waals surface area contributed by atoms with Crippen molar-refractivity contribution in [3.8, 4) is 0 Å². The van der Waals surface area contributed by atoms with Gasteiger partial charge < -0.3 is 30.6 Å². The number of anilines is 1. The molecule has 2 aromatic heterocycles. The molecule has 4 N–H and O–H groups in total. The lowest BCUT2D eigenvalue weighted by molar-refractivity contribution is -0.798. The number of rotatable bonds is 8. The molecule has 0 saturated carbocycles. The molecule has 1 aliphatic heterocycles. The number of aromatic nitrogens is 4. The van der Waals surface area contributed by atoms with Gasteiger partial charge in [-0.15, -0.1) is 20.2 Å². The fourth-order valence-corrected chi connectivity index (χ4v) is 3.15. The van der Waals surface area contributed by atoms with E-state index in [1.165, 1.54) is 0 Å². The average molecular weight is 442 g/mol. The third-order valence-electron chi connectivity index (χ3n) is 4.31. The number of carbonyl (C=O) groups is 1. The van der Waals surface area contributed by atoms with Gasteiger partial charge in [-0.05, 0) is 13.8 Å². The Kier molecular flexibility index (Phi) is 5.97. The first-order valence-corrected chi connectivity index (χ1v) is 8.79. The molecular weight excluding hydrogens is 424 g/mol. The van der Waals surface area contributed by atoms with Gasteiger partial charge in [-0.1, -0.05) is 0 Å². The van der Waals surface area contributed by atoms with E-state index in [0.717, 1.165) is 17.2 Å². The molecule has 0 spiro atoms. The fraction of sp³-hybridized carbons (Fsp3) is 0.571. The number of nitrogen functional groups attached to an aromatic ring is 1. The Morgan fingerprint density at radius 3 is 2.52 bits per heavy atom. The summed E-state index contributed by atoms with van der Waals surface area (Å²) < 4.78 is 6.74. The van der Waals surface area contributed by atoms with E-state index in [4.69, 9.17) is 10.5 Å². The van der Waals surface area contributed by atoms with E-state index in [1.54, 1.807) is 13.8 Å². The largest absolute Gasteiger partial charge is 0.382 e. The number of aliphatic hydroxyl groups excluding tert-OH is 1. The molecule has 17 nitrogen and oxygen atoms in total. The molecule has 3 rings (SSSR count). The molecule has 0 bridgehead atoms. The number of ether oxygens (including phenoxy) is 1. The Bertz CT molecular complexity index is 997. The first-order valence-electron chi connectivity index (χ1n) is 8.79. The number of nitrogens with zero attached hydrogens (tertiary/aromatic N) is 6. The van der Waals surface area contributed by atoms with Gasteiger partial charge in [0, 0.05) is 6.04 Å². The van der Waals surface area contributed by atoms with Crippen LogP contribution in [-0.4, -0.2) is 71.2 Å². The fourth-order valence-electron chi connectivity index (χ4n) is 3.15. The summed E-state index contributed by atoms with van der Waals surface area (Å²) in [7, 11) is 0. The standard InChI is InChI=1S/C14H18N8O9/c1-5(2)19-13(24)7(23)8-9(30-21(25)26)10(31-22(27)28)14(29-8)20-4-18-6-11(15)16-3-17-12(6)20/h3-5,7-10,14,23H,1-2H3,(H,19,24)(H2,15,16,17)/t7?,8-,9-,10-,14-/m1/s1. The minimum Gasteiger partial charge on any atom is -0.382 e. The maximum atomic E-state index is 12.3. The topological polar surface area (TPSA) is 233 Å². The Morgan fingerprint density at radius 2 is 1.90 bits per heavy atom. The molecule has 17 heteroatoms. The summed E-state index contributed by atoms with van der Waals surface area (Å²) in [4.78, 5) is 55.2. The number of amides is 1. The van der Waals surface area contributed by atoms with Crippen LogP contribution in [-0.2, 0) is 19.2 Å². The third-order valence-corrected chi connectivity index (χ3v) is 4.31. The Hall–Kier alpha value is -3.86. The maximum Gasteiger partial charge on any atom is 0.295 e. The van der Waals surface area contributed by atoms with Gasteiger partial charge in [0.2, 0.25) is 0 Å². The normalized spacial score (nSPS) is 24.1. The Labute approximate surface area is 172 Å². The van der Waals surface area contributed by atoms with Crippen molar-refractivity contribution in [1.82, 2.24) is 24.8 Å². The Balaban J connectivity index is 2.04. The predicted octanol–water partition coefficient (Wildman–Crippen LogP) is -1.65. The lowest BCUT2D eigenvalue weighted by Gasteiger charge is -2.23. The monoisotopic (exact) mass is 442 g/mol. The van der Waals surface area contributed by atoms with Crippen molar-refractivity contribution in [1.29, 1.82) is 0 Å². The van der Waals surface area contributed by atoms with E-state index in [0.29, 0.717) is 0 Å². The molecular formula is C14H18N8O9. The van der Waals surface area contributed by atoms with Crippen molar-refractivity contribution >= 4 is 22.9 Å². The van der Waals surface area contributed by atoms with Crippen LogP contribution in [0.3, 0.4) is 0 Å². The number of hydrogen-bond acceptors (Lipinski definition) is 13. The first kappa shape index (κ1) is 21.8. The highest BCUT2D eigenvalue weighted by atomic mass is 17.0. The zero-order valence-corrected chi connectivity index (χ0v) is 16.1. The van der Waals surface area contributed by atoms with E-state index in [1.807, 2.05) is 0 Å². The molecule has 0 aliphatic carbocycles. The second-order valence-electron chi connectivity index (χ2n) is 6.77. The number of carbonyl (C=O) groups excluding carboxylic acids is 1. The highest BCUT2D eigenvalue weighted by Gasteiger charge is 2.54. The van der Waals surface area contributed by atoms with Gasteiger partial charge in [-0.2, -0.15) is 0 Å². The first-order chi connectivity index (χ1) is 14.6. The minimum absolute atomic E-state index is 0.000482. The van der Waals surface area contributed by atoms with Crippen molar-refractivity contribution < 1.29 is 34.5 Å². The second kappa shape index (κ2) is 8.48. The van der Waals surface area contributed by atoms with Gasteiger partial charge in [0.05, 0.1) is 6.33 Å². The molecule has 0 radical (unpaired) electrons. The van der Waals surface area contributed by atoms with E-state index < -0.39 is 46.7 Å². The molecule has 3 heterocycles. The van der Waals surface area contributed by atoms with Gasteiger partial charge in [-0.25, -0.2) is 15.0 Å². The third kappa shape index (κ3) is 4.36. The number of hydrogen-bond donors (Lipinski definition) is 3. The number of imidazole rings is 1. The number of aliphatic hydroxyl groups is 1. The van der Waals surface area contributed by atoms with Gasteiger partial charge in [0.15, 0.2) is 36.0 Å². The molecule has 1 amide bonds. The van der Waals surface area contributed by atoms with Crippen molar-refractivity contribution in [3.63, 3.8) is 0 Å². The molecule has 0 aromatic carbocycles. The van der Waals surface area contributed by atoms with E-state index in [9.17, 15) is 30.1 Å². The molecule has 5 atom stereocenters. The lowest BCUT2D eigenvalue weighted by atomic mass is 10.0. The number of fused-ring (bicyclic) bond motifs is 1. The summed E-state index contributed by atoms with van der Waals surface area (Å²) in [6, 6.07) is -0.377. The molecule has 31 heavy (non-hydrogen) atoms. The molecule has 168 valence electrons. The van der Waals surface area contributed by atoms with Gasteiger partial charge in [-0.3, -0.25) is 9.36 Å². The molecule has 1 unspecified atom stereocenters. The highest BCUT2D eigenvalue weighted by molar-refractivity contribution is 5.82. The quantitative estimate of drug-likeness (QED) is 0.307. The predicted molar refractivity (Wildman–Crippen MR) is 96.7 cm³/mol. The SMILES string of the molecule is CC(C)NC(=O)C(O)[C@H]1O[C@@H](n2cnc3c(N)ncnc32)[C@H](O[N+](=O)[O-])[C@@H]1O[N+](=O)[O-]. The molecule has 1 aliphatic rings. The summed E-state index contributed by atoms with van der Waals surface area (Å²) in [5.74, 6) is -0.931. The summed E-state index contributed by atoms with van der Waals surface area (Å²) in [6.45, 7) is 3.24. The molecule has 1 fully saturated rings. The molecule has 2 aromatic rings. The smallest absolute Gasteiger partial charge is 0.295 e. The van der Waals surface area contributed by atoms with Crippen LogP contribution in [0.2, 0.25) is 0 Å². The summed E-state index contributed by atoms with van der Waals surface area (Å²) in [5, 5.41) is 32.5. The van der Waals surface area contributed by atoms with Crippen molar-refractivity contribution in [2.45, 2.75) is 50.5 Å². The van der Waals surface area contributed by atoms with Crippen LogP contribution >= 0.6 is 0 Å². The van der Waals surface area contributed by atoms with Crippen molar-refractivity contribution in [2.24, 2.45) is 0 Å². The maximum absolute atomic E-state index is 12.3. The summed E-state index contributed by atoms with van der Waals surface area (Å²) >= 11 is 0. The van der Waals surface area contributed by atoms with Gasteiger partial charge in [0.25, 0.3) is 16.1 Å². The van der Waals surface area contributed by atoms with Crippen molar-refractivity contribution in [3.05, 3.63) is 32.9 Å². The zero-order valence-electron chi connectivity index (χ0n) is 16.1. The van der Waals surface area contributed by atoms with E-state index in [-0.39, 0.29) is 23.0 Å². The average Bonchev–Trinajstić information content (AvgIpc) is 3.23. The van der Waals surface area contributed by atoms with Crippen LogP contribution in [0.1, 0.15) is 20.1 Å². The van der Waals surface area contributed by atoms with Crippen LogP contribution in [0.5, 0.6) is 0 Å². The van der Waals surface area contributed by atoms with Crippen LogP contribution in [0.15, 0.2) is 12.7 Å². The van der Waals surface area contributed by atoms with Crippen LogP contribution in [0, 0.1) is 20.2 Å². The van der Waals surface area contributed by atoms with E-state index >= 15 is 0 Å². The van der Waals surface area contributed by atoms with Crippen LogP contribution in [0.25, 0.3) is 11.2 Å². The minimum atomic E-state index is -1.98. The van der Waals surface area contributed by atoms with Crippen molar-refractivity contribution in [2.75, 3.05) is 5.73 Å². The number of nitrogens with one attached hydrogen (secondary N) is 1. The van der Waals surface area contributed by atoms with E-state index in [2.05, 4.69) is 29.9 Å². The zero-order chi connectivity index (χ0) is 22.9. The van der Waals surface area contributed by atoms with Crippen LogP contribution < -0.4 is 11.1 Å². The summed E-state index contributed by atoms with van der Waals surface area (Å²) in [6.07, 6.45) is -6.58. The molecule has 1 saturated heterocycles. The number of nitrogens with two attached hydrogens (primary N) is 1. The highest BCUT2D eigenvalue weighted by Crippen LogP contribution is 2.37.